The maximum Gasteiger partial charge on any atom is 0.256 e. The number of carbonyl (C=O) groups is 1. The Kier molecular flexibility index (Phi) is 4.98. The molecule has 26 heavy (non-hydrogen) atoms. The molecule has 6 nitrogen and oxygen atoms in total. The maximum atomic E-state index is 12.4. The topological polar surface area (TPSA) is 88.2 Å². The molecule has 2 N–H and O–H groups in total. The summed E-state index contributed by atoms with van der Waals surface area (Å²) in [5.41, 5.74) is 0.948. The van der Waals surface area contributed by atoms with Crippen molar-refractivity contribution in [3.63, 3.8) is 0 Å². The van der Waals surface area contributed by atoms with Crippen LogP contribution < -0.4 is 10.0 Å². The lowest BCUT2D eigenvalue weighted by molar-refractivity contribution is 0.102. The summed E-state index contributed by atoms with van der Waals surface area (Å²) < 4.78 is 26.5. The summed E-state index contributed by atoms with van der Waals surface area (Å²) in [7, 11) is -3.77. The fourth-order valence-electron chi connectivity index (χ4n) is 2.35. The predicted molar refractivity (Wildman–Crippen MR) is 100 cm³/mol. The molecule has 0 spiro atoms. The van der Waals surface area contributed by atoms with Crippen molar-refractivity contribution in [2.45, 2.75) is 4.90 Å². The molecule has 3 rings (SSSR count). The van der Waals surface area contributed by atoms with E-state index in [1.807, 2.05) is 30.3 Å². The van der Waals surface area contributed by atoms with Crippen LogP contribution in [0, 0.1) is 12.3 Å². The SMILES string of the molecule is C#CCNS(=O)(=O)c1cccc(C(=O)Nc2ccc3ccccc3n2)c1. The van der Waals surface area contributed by atoms with Crippen LogP contribution in [0.4, 0.5) is 5.82 Å². The molecule has 0 unspecified atom stereocenters. The molecule has 0 saturated heterocycles. The fourth-order valence-corrected chi connectivity index (χ4v) is 3.33. The van der Waals surface area contributed by atoms with Gasteiger partial charge in [0.05, 0.1) is 17.0 Å². The van der Waals surface area contributed by atoms with Crippen molar-refractivity contribution in [3.05, 3.63) is 66.2 Å². The smallest absolute Gasteiger partial charge is 0.256 e. The maximum absolute atomic E-state index is 12.4. The minimum absolute atomic E-state index is 0.0353. The summed E-state index contributed by atoms with van der Waals surface area (Å²) in [5.74, 6) is 2.13. The second-order valence-corrected chi connectivity index (χ2v) is 7.17. The largest absolute Gasteiger partial charge is 0.307 e. The molecule has 0 aliphatic rings. The second-order valence-electron chi connectivity index (χ2n) is 5.40. The summed E-state index contributed by atoms with van der Waals surface area (Å²) in [6, 6.07) is 16.8. The first-order valence-corrected chi connectivity index (χ1v) is 9.18. The Hall–Kier alpha value is -3.21. The van der Waals surface area contributed by atoms with Gasteiger partial charge in [-0.15, -0.1) is 6.42 Å². The minimum Gasteiger partial charge on any atom is -0.307 e. The third-order valence-electron chi connectivity index (χ3n) is 3.61. The van der Waals surface area contributed by atoms with Crippen LogP contribution in [0.15, 0.2) is 65.6 Å². The van der Waals surface area contributed by atoms with Crippen molar-refractivity contribution in [1.29, 1.82) is 0 Å². The Morgan fingerprint density at radius 2 is 1.88 bits per heavy atom. The van der Waals surface area contributed by atoms with E-state index in [9.17, 15) is 13.2 Å². The number of nitrogens with one attached hydrogen (secondary N) is 2. The molecule has 0 atom stereocenters. The second kappa shape index (κ2) is 7.35. The number of hydrogen-bond donors (Lipinski definition) is 2. The van der Waals surface area contributed by atoms with Crippen molar-refractivity contribution in [2.24, 2.45) is 0 Å². The first-order chi connectivity index (χ1) is 12.5. The van der Waals surface area contributed by atoms with E-state index in [1.54, 1.807) is 6.07 Å². The van der Waals surface area contributed by atoms with Gasteiger partial charge in [0.15, 0.2) is 0 Å². The zero-order valence-electron chi connectivity index (χ0n) is 13.6. The van der Waals surface area contributed by atoms with E-state index in [-0.39, 0.29) is 17.0 Å². The van der Waals surface area contributed by atoms with E-state index in [4.69, 9.17) is 6.42 Å². The standard InChI is InChI=1S/C19H15N3O3S/c1-2-12-20-26(24,25)16-8-5-7-15(13-16)19(23)22-18-11-10-14-6-3-4-9-17(14)21-18/h1,3-11,13,20H,12H2,(H,21,22,23). The third kappa shape index (κ3) is 3.88. The zero-order valence-corrected chi connectivity index (χ0v) is 14.5. The molecule has 130 valence electrons. The molecule has 3 aromatic rings. The van der Waals surface area contributed by atoms with Crippen molar-refractivity contribution < 1.29 is 13.2 Å². The molecular weight excluding hydrogens is 350 g/mol. The number of nitrogens with zero attached hydrogens (tertiary/aromatic N) is 1. The van der Waals surface area contributed by atoms with Gasteiger partial charge < -0.3 is 5.32 Å². The molecule has 0 radical (unpaired) electrons. The molecule has 0 aliphatic carbocycles. The number of carbonyl (C=O) groups excluding carboxylic acids is 1. The van der Waals surface area contributed by atoms with Crippen LogP contribution in [0.3, 0.4) is 0 Å². The van der Waals surface area contributed by atoms with Gasteiger partial charge in [-0.3, -0.25) is 4.79 Å². The van der Waals surface area contributed by atoms with Crippen LogP contribution in [0.25, 0.3) is 10.9 Å². The van der Waals surface area contributed by atoms with Gasteiger partial charge in [-0.1, -0.05) is 30.2 Å². The number of fused-ring (bicyclic) bond motifs is 1. The Morgan fingerprint density at radius 3 is 2.69 bits per heavy atom. The Morgan fingerprint density at radius 1 is 1.08 bits per heavy atom. The zero-order chi connectivity index (χ0) is 18.6. The highest BCUT2D eigenvalue weighted by Crippen LogP contribution is 2.16. The number of terminal acetylenes is 1. The van der Waals surface area contributed by atoms with Crippen LogP contribution >= 0.6 is 0 Å². The fraction of sp³-hybridized carbons (Fsp3) is 0.0526. The molecule has 1 amide bonds. The van der Waals surface area contributed by atoms with Crippen molar-refractivity contribution >= 4 is 32.7 Å². The first-order valence-electron chi connectivity index (χ1n) is 7.70. The quantitative estimate of drug-likeness (QED) is 0.680. The number of pyridine rings is 1. The van der Waals surface area contributed by atoms with Crippen molar-refractivity contribution in [2.75, 3.05) is 11.9 Å². The summed E-state index contributed by atoms with van der Waals surface area (Å²) >= 11 is 0. The highest BCUT2D eigenvalue weighted by Gasteiger charge is 2.16. The number of para-hydroxylation sites is 1. The lowest BCUT2D eigenvalue weighted by Gasteiger charge is -2.08. The third-order valence-corrected chi connectivity index (χ3v) is 5.01. The summed E-state index contributed by atoms with van der Waals surface area (Å²) in [5, 5.41) is 3.63. The van der Waals surface area contributed by atoms with E-state index in [2.05, 4.69) is 20.9 Å². The highest BCUT2D eigenvalue weighted by molar-refractivity contribution is 7.89. The van der Waals surface area contributed by atoms with E-state index in [1.165, 1.54) is 24.3 Å². The Labute approximate surface area is 151 Å². The molecule has 1 heterocycles. The number of amides is 1. The number of hydrogen-bond acceptors (Lipinski definition) is 4. The molecule has 0 bridgehead atoms. The van der Waals surface area contributed by atoms with E-state index < -0.39 is 15.9 Å². The highest BCUT2D eigenvalue weighted by atomic mass is 32.2. The molecular formula is C19H15N3O3S. The Bertz CT molecular complexity index is 1120. The van der Waals surface area contributed by atoms with Gasteiger partial charge in [0, 0.05) is 10.9 Å². The number of rotatable bonds is 5. The average molecular weight is 365 g/mol. The molecule has 0 fully saturated rings. The van der Waals surface area contributed by atoms with E-state index in [0.717, 1.165) is 10.9 Å². The van der Waals surface area contributed by atoms with Gasteiger partial charge in [-0.2, -0.15) is 4.72 Å². The summed E-state index contributed by atoms with van der Waals surface area (Å²) in [6.45, 7) is -0.125. The number of sulfonamides is 1. The summed E-state index contributed by atoms with van der Waals surface area (Å²) in [6.07, 6.45) is 5.07. The van der Waals surface area contributed by atoms with Gasteiger partial charge in [-0.25, -0.2) is 13.4 Å². The molecule has 0 saturated carbocycles. The van der Waals surface area contributed by atoms with Gasteiger partial charge >= 0.3 is 0 Å². The van der Waals surface area contributed by atoms with E-state index >= 15 is 0 Å². The minimum atomic E-state index is -3.77. The lowest BCUT2D eigenvalue weighted by atomic mass is 10.2. The normalized spacial score (nSPS) is 11.0. The lowest BCUT2D eigenvalue weighted by Crippen LogP contribution is -2.24. The van der Waals surface area contributed by atoms with Crippen molar-refractivity contribution in [3.8, 4) is 12.3 Å². The molecule has 1 aromatic heterocycles. The number of anilines is 1. The van der Waals surface area contributed by atoms with E-state index in [0.29, 0.717) is 5.82 Å². The van der Waals surface area contributed by atoms with Crippen LogP contribution in [-0.2, 0) is 10.0 Å². The van der Waals surface area contributed by atoms with Crippen LogP contribution in [0.5, 0.6) is 0 Å². The van der Waals surface area contributed by atoms with Crippen LogP contribution in [0.1, 0.15) is 10.4 Å². The van der Waals surface area contributed by atoms with Crippen LogP contribution in [0.2, 0.25) is 0 Å². The molecule has 2 aromatic carbocycles. The monoisotopic (exact) mass is 365 g/mol. The number of aromatic nitrogens is 1. The molecule has 0 aliphatic heterocycles. The molecule has 7 heteroatoms. The van der Waals surface area contributed by atoms with Crippen LogP contribution in [-0.4, -0.2) is 25.9 Å². The Balaban J connectivity index is 1.83. The summed E-state index contributed by atoms with van der Waals surface area (Å²) in [4.78, 5) is 16.8. The average Bonchev–Trinajstić information content (AvgIpc) is 2.66. The predicted octanol–water partition coefficient (Wildman–Crippen LogP) is 2.40. The van der Waals surface area contributed by atoms with Gasteiger partial charge in [0.25, 0.3) is 5.91 Å². The van der Waals surface area contributed by atoms with Crippen molar-refractivity contribution in [1.82, 2.24) is 9.71 Å². The van der Waals surface area contributed by atoms with Gasteiger partial charge in [0.2, 0.25) is 10.0 Å². The van der Waals surface area contributed by atoms with Gasteiger partial charge in [0.1, 0.15) is 5.82 Å². The number of benzene rings is 2. The first kappa shape index (κ1) is 17.6. The van der Waals surface area contributed by atoms with Gasteiger partial charge in [-0.05, 0) is 36.4 Å².